The zero-order chi connectivity index (χ0) is 19.0. The minimum Gasteiger partial charge on any atom is -0.465 e. The fourth-order valence-electron chi connectivity index (χ4n) is 3.85. The number of alkyl halides is 1. The second-order valence-corrected chi connectivity index (χ2v) is 7.05. The van der Waals surface area contributed by atoms with Crippen molar-refractivity contribution < 1.29 is 14.3 Å². The number of ketones is 1. The highest BCUT2D eigenvalue weighted by molar-refractivity contribution is 6.17. The lowest BCUT2D eigenvalue weighted by molar-refractivity contribution is -0.147. The molecule has 1 unspecified atom stereocenters. The summed E-state index contributed by atoms with van der Waals surface area (Å²) < 4.78 is 8.37. The van der Waals surface area contributed by atoms with Gasteiger partial charge in [0.05, 0.1) is 17.6 Å². The van der Waals surface area contributed by atoms with Gasteiger partial charge in [-0.15, -0.1) is 11.6 Å². The Bertz CT molecular complexity index is 941. The highest BCUT2D eigenvalue weighted by atomic mass is 35.5. The van der Waals surface area contributed by atoms with Crippen LogP contribution < -0.4 is 5.69 Å². The number of carbonyl (C=O) groups excluding carboxylic acids is 2. The van der Waals surface area contributed by atoms with Gasteiger partial charge in [0.15, 0.2) is 5.78 Å². The SMILES string of the molecule is CCc1c2c(cc3c1n(C)c(=O)n3C)C(=O)C(C(=O)OCCCCl)CC2. The number of ether oxygens (including phenoxy) is 1. The van der Waals surface area contributed by atoms with Crippen LogP contribution in [0.5, 0.6) is 0 Å². The Balaban J connectivity index is 2.07. The average molecular weight is 379 g/mol. The van der Waals surface area contributed by atoms with Gasteiger partial charge in [0.1, 0.15) is 5.92 Å². The summed E-state index contributed by atoms with van der Waals surface area (Å²) >= 11 is 5.60. The minimum absolute atomic E-state index is 0.124. The molecule has 7 heteroatoms. The van der Waals surface area contributed by atoms with E-state index in [9.17, 15) is 14.4 Å². The maximum absolute atomic E-state index is 13.0. The van der Waals surface area contributed by atoms with Crippen LogP contribution >= 0.6 is 11.6 Å². The average Bonchev–Trinajstić information content (AvgIpc) is 2.85. The molecule has 0 saturated heterocycles. The number of aryl methyl sites for hydroxylation is 3. The van der Waals surface area contributed by atoms with Crippen molar-refractivity contribution >= 4 is 34.4 Å². The number of hydrogen-bond acceptors (Lipinski definition) is 4. The van der Waals surface area contributed by atoms with Gasteiger partial charge in [-0.1, -0.05) is 6.92 Å². The maximum Gasteiger partial charge on any atom is 0.328 e. The zero-order valence-electron chi connectivity index (χ0n) is 15.3. The molecule has 0 amide bonds. The first kappa shape index (κ1) is 18.7. The summed E-state index contributed by atoms with van der Waals surface area (Å²) in [6.07, 6.45) is 2.34. The molecule has 0 bridgehead atoms. The minimum atomic E-state index is -0.777. The van der Waals surface area contributed by atoms with Crippen molar-refractivity contribution in [1.29, 1.82) is 0 Å². The number of benzene rings is 1. The van der Waals surface area contributed by atoms with Crippen LogP contribution in [0.25, 0.3) is 11.0 Å². The first-order valence-electron chi connectivity index (χ1n) is 8.89. The lowest BCUT2D eigenvalue weighted by Crippen LogP contribution is -2.32. The Kier molecular flexibility index (Phi) is 5.23. The smallest absolute Gasteiger partial charge is 0.328 e. The Morgan fingerprint density at radius 2 is 2.04 bits per heavy atom. The van der Waals surface area contributed by atoms with Gasteiger partial charge in [0, 0.05) is 25.5 Å². The molecule has 1 aliphatic rings. The van der Waals surface area contributed by atoms with E-state index in [1.165, 1.54) is 0 Å². The topological polar surface area (TPSA) is 70.3 Å². The molecule has 26 heavy (non-hydrogen) atoms. The number of carbonyl (C=O) groups is 2. The Hall–Kier alpha value is -2.08. The van der Waals surface area contributed by atoms with Gasteiger partial charge >= 0.3 is 11.7 Å². The van der Waals surface area contributed by atoms with Crippen molar-refractivity contribution in [2.75, 3.05) is 12.5 Å². The summed E-state index contributed by atoms with van der Waals surface area (Å²) in [5, 5.41) is 0. The largest absolute Gasteiger partial charge is 0.465 e. The van der Waals surface area contributed by atoms with E-state index >= 15 is 0 Å². The molecule has 0 saturated carbocycles. The molecule has 0 fully saturated rings. The van der Waals surface area contributed by atoms with E-state index in [0.717, 1.165) is 28.6 Å². The van der Waals surface area contributed by atoms with Gasteiger partial charge in [-0.05, 0) is 42.9 Å². The van der Waals surface area contributed by atoms with E-state index in [1.807, 2.05) is 6.92 Å². The van der Waals surface area contributed by atoms with Gasteiger partial charge < -0.3 is 4.74 Å². The maximum atomic E-state index is 13.0. The van der Waals surface area contributed by atoms with Crippen molar-refractivity contribution in [3.8, 4) is 0 Å². The monoisotopic (exact) mass is 378 g/mol. The lowest BCUT2D eigenvalue weighted by atomic mass is 9.79. The van der Waals surface area contributed by atoms with Gasteiger partial charge in [-0.2, -0.15) is 0 Å². The van der Waals surface area contributed by atoms with Crippen LogP contribution in [0.4, 0.5) is 0 Å². The molecule has 0 radical (unpaired) electrons. The molecule has 6 nitrogen and oxygen atoms in total. The number of imidazole rings is 1. The van der Waals surface area contributed by atoms with Gasteiger partial charge in [0.2, 0.25) is 0 Å². The van der Waals surface area contributed by atoms with Crippen LogP contribution in [0.2, 0.25) is 0 Å². The molecule has 3 rings (SSSR count). The van der Waals surface area contributed by atoms with E-state index in [0.29, 0.717) is 30.7 Å². The molecule has 0 spiro atoms. The van der Waals surface area contributed by atoms with Crippen molar-refractivity contribution in [1.82, 2.24) is 9.13 Å². The van der Waals surface area contributed by atoms with Crippen LogP contribution in [-0.2, 0) is 36.5 Å². The van der Waals surface area contributed by atoms with E-state index < -0.39 is 11.9 Å². The van der Waals surface area contributed by atoms with E-state index in [4.69, 9.17) is 16.3 Å². The number of nitrogens with zero attached hydrogens (tertiary/aromatic N) is 2. The summed E-state index contributed by atoms with van der Waals surface area (Å²) in [5.74, 6) is -1.06. The number of halogens is 1. The van der Waals surface area contributed by atoms with Gasteiger partial charge in [0.25, 0.3) is 0 Å². The summed E-state index contributed by atoms with van der Waals surface area (Å²) in [6.45, 7) is 2.24. The summed E-state index contributed by atoms with van der Waals surface area (Å²) in [5.41, 5.74) is 3.98. The number of fused-ring (bicyclic) bond motifs is 2. The van der Waals surface area contributed by atoms with E-state index in [1.54, 1.807) is 29.3 Å². The molecule has 0 N–H and O–H groups in total. The third kappa shape index (κ3) is 2.86. The molecule has 0 aliphatic heterocycles. The Morgan fingerprint density at radius 1 is 1.31 bits per heavy atom. The number of Topliss-reactive ketones (excluding diaryl/α,β-unsaturated/α-hetero) is 1. The standard InChI is InChI=1S/C19H23ClN2O4/c1-4-11-12-6-7-13(18(24)26-9-5-8-20)17(23)14(12)10-15-16(11)22(3)19(25)21(15)2/h10,13H,4-9H2,1-3H3. The molecule has 2 aromatic rings. The highest BCUT2D eigenvalue weighted by Gasteiger charge is 2.36. The molecule has 1 heterocycles. The third-order valence-corrected chi connectivity index (χ3v) is 5.46. The highest BCUT2D eigenvalue weighted by Crippen LogP contribution is 2.33. The summed E-state index contributed by atoms with van der Waals surface area (Å²) in [4.78, 5) is 37.6. The predicted molar refractivity (Wildman–Crippen MR) is 100.0 cm³/mol. The predicted octanol–water partition coefficient (Wildman–Crippen LogP) is 2.36. The van der Waals surface area contributed by atoms with Crippen LogP contribution in [0.15, 0.2) is 10.9 Å². The first-order chi connectivity index (χ1) is 12.4. The molecular formula is C19H23ClN2O4. The summed E-state index contributed by atoms with van der Waals surface area (Å²) in [6, 6.07) is 1.76. The number of aromatic nitrogens is 2. The third-order valence-electron chi connectivity index (χ3n) is 5.19. The molecular weight excluding hydrogens is 356 g/mol. The Morgan fingerprint density at radius 3 is 2.69 bits per heavy atom. The van der Waals surface area contributed by atoms with Crippen molar-refractivity contribution in [3.63, 3.8) is 0 Å². The van der Waals surface area contributed by atoms with Crippen molar-refractivity contribution in [2.24, 2.45) is 20.0 Å². The van der Waals surface area contributed by atoms with Gasteiger partial charge in [-0.3, -0.25) is 18.7 Å². The van der Waals surface area contributed by atoms with E-state index in [2.05, 4.69) is 0 Å². The molecule has 1 aliphatic carbocycles. The number of hydrogen-bond donors (Lipinski definition) is 0. The molecule has 1 aromatic heterocycles. The van der Waals surface area contributed by atoms with Crippen LogP contribution in [0, 0.1) is 5.92 Å². The van der Waals surface area contributed by atoms with Gasteiger partial charge in [-0.25, -0.2) is 4.79 Å². The van der Waals surface area contributed by atoms with E-state index in [-0.39, 0.29) is 18.1 Å². The summed E-state index contributed by atoms with van der Waals surface area (Å²) in [7, 11) is 3.44. The first-order valence-corrected chi connectivity index (χ1v) is 9.42. The zero-order valence-corrected chi connectivity index (χ0v) is 16.1. The number of rotatable bonds is 5. The van der Waals surface area contributed by atoms with Crippen LogP contribution in [0.1, 0.15) is 41.3 Å². The normalized spacial score (nSPS) is 16.8. The molecule has 1 aromatic carbocycles. The van der Waals surface area contributed by atoms with Crippen LogP contribution in [0.3, 0.4) is 0 Å². The Labute approximate surface area is 156 Å². The van der Waals surface area contributed by atoms with Crippen LogP contribution in [-0.4, -0.2) is 33.4 Å². The molecule has 1 atom stereocenters. The fourth-order valence-corrected chi connectivity index (χ4v) is 3.96. The quantitative estimate of drug-likeness (QED) is 0.346. The fraction of sp³-hybridized carbons (Fsp3) is 0.526. The second kappa shape index (κ2) is 7.27. The number of esters is 1. The van der Waals surface area contributed by atoms with Crippen molar-refractivity contribution in [3.05, 3.63) is 33.2 Å². The van der Waals surface area contributed by atoms with Crippen molar-refractivity contribution in [2.45, 2.75) is 32.6 Å². The molecule has 140 valence electrons. The lowest BCUT2D eigenvalue weighted by Gasteiger charge is -2.25. The second-order valence-electron chi connectivity index (χ2n) is 6.67.